The predicted molar refractivity (Wildman–Crippen MR) is 116 cm³/mol. The molecule has 168 valence electrons. The lowest BCUT2D eigenvalue weighted by atomic mass is 10.1. The molecule has 0 aromatic heterocycles. The molecule has 10 heteroatoms. The second kappa shape index (κ2) is 8.73. The Balaban J connectivity index is 1.42. The maximum Gasteiger partial charge on any atom is 0.416 e. The Labute approximate surface area is 186 Å². The van der Waals surface area contributed by atoms with Gasteiger partial charge in [0.15, 0.2) is 0 Å². The predicted octanol–water partition coefficient (Wildman–Crippen LogP) is 4.90. The number of nitro groups is 1. The van der Waals surface area contributed by atoms with E-state index in [-0.39, 0.29) is 5.69 Å². The molecule has 3 aromatic carbocycles. The first kappa shape index (κ1) is 22.0. The van der Waals surface area contributed by atoms with Crippen LogP contribution in [0.2, 0.25) is 0 Å². The summed E-state index contributed by atoms with van der Waals surface area (Å²) in [5.41, 5.74) is 4.82. The van der Waals surface area contributed by atoms with Crippen molar-refractivity contribution in [1.82, 2.24) is 5.43 Å². The minimum absolute atomic E-state index is 0.0477. The maximum atomic E-state index is 13.0. The number of nitrogens with zero attached hydrogens (tertiary/aromatic N) is 3. The molecule has 4 rings (SSSR count). The second-order valence-corrected chi connectivity index (χ2v) is 7.44. The lowest BCUT2D eigenvalue weighted by Crippen LogP contribution is -2.18. The molecular formula is C23H17F3N4O3. The number of anilines is 1. The molecule has 0 bridgehead atoms. The molecule has 3 aromatic rings. The largest absolute Gasteiger partial charge is 0.416 e. The van der Waals surface area contributed by atoms with Gasteiger partial charge in [-0.25, -0.2) is 5.43 Å². The van der Waals surface area contributed by atoms with Crippen LogP contribution in [0.15, 0.2) is 71.8 Å². The van der Waals surface area contributed by atoms with Gasteiger partial charge in [-0.3, -0.25) is 14.9 Å². The summed E-state index contributed by atoms with van der Waals surface area (Å²) in [5, 5.41) is 14.5. The molecule has 1 aliphatic rings. The number of hydrogen-bond acceptors (Lipinski definition) is 5. The normalized spacial score (nSPS) is 13.2. The summed E-state index contributed by atoms with van der Waals surface area (Å²) in [6, 6.07) is 15.9. The van der Waals surface area contributed by atoms with Crippen LogP contribution in [0.5, 0.6) is 0 Å². The third kappa shape index (κ3) is 5.00. The highest BCUT2D eigenvalue weighted by Crippen LogP contribution is 2.34. The van der Waals surface area contributed by atoms with Crippen molar-refractivity contribution < 1.29 is 22.9 Å². The van der Waals surface area contributed by atoms with E-state index < -0.39 is 22.6 Å². The molecule has 0 fully saturated rings. The number of nitrogens with one attached hydrogen (secondary N) is 1. The first-order chi connectivity index (χ1) is 15.7. The second-order valence-electron chi connectivity index (χ2n) is 7.44. The number of amides is 1. The molecule has 1 aliphatic heterocycles. The van der Waals surface area contributed by atoms with Gasteiger partial charge in [0, 0.05) is 36.5 Å². The molecule has 1 N–H and O–H groups in total. The van der Waals surface area contributed by atoms with Gasteiger partial charge in [0.25, 0.3) is 11.6 Å². The summed E-state index contributed by atoms with van der Waals surface area (Å²) >= 11 is 0. The van der Waals surface area contributed by atoms with Gasteiger partial charge < -0.3 is 4.90 Å². The summed E-state index contributed by atoms with van der Waals surface area (Å²) in [4.78, 5) is 24.4. The van der Waals surface area contributed by atoms with Crippen LogP contribution in [0.4, 0.5) is 24.5 Å². The summed E-state index contributed by atoms with van der Waals surface area (Å²) in [6.45, 7) is 0.820. The minimum Gasteiger partial charge on any atom is -0.363 e. The third-order valence-corrected chi connectivity index (χ3v) is 5.21. The zero-order valence-corrected chi connectivity index (χ0v) is 17.0. The van der Waals surface area contributed by atoms with E-state index in [2.05, 4.69) is 10.5 Å². The van der Waals surface area contributed by atoms with Crippen molar-refractivity contribution in [2.75, 3.05) is 4.90 Å². The summed E-state index contributed by atoms with van der Waals surface area (Å²) in [6.07, 6.45) is -3.05. The Morgan fingerprint density at radius 2 is 1.76 bits per heavy atom. The van der Waals surface area contributed by atoms with E-state index in [0.717, 1.165) is 23.3 Å². The fourth-order valence-corrected chi connectivity index (χ4v) is 3.51. The molecule has 0 spiro atoms. The number of fused-ring (bicyclic) bond motifs is 1. The van der Waals surface area contributed by atoms with Crippen LogP contribution < -0.4 is 10.3 Å². The van der Waals surface area contributed by atoms with Crippen LogP contribution in [0.1, 0.15) is 32.6 Å². The summed E-state index contributed by atoms with van der Waals surface area (Å²) < 4.78 is 39.1. The van der Waals surface area contributed by atoms with E-state index >= 15 is 0 Å². The van der Waals surface area contributed by atoms with Gasteiger partial charge in [-0.1, -0.05) is 12.1 Å². The van der Waals surface area contributed by atoms with Crippen molar-refractivity contribution in [2.45, 2.75) is 19.3 Å². The SMILES string of the molecule is O=C(N/N=C/c1ccc([N+](=O)[O-])cc1)c1ccc2c(c1)CN(c1cccc(C(F)(F)F)c1)C2. The Morgan fingerprint density at radius 1 is 1.03 bits per heavy atom. The average molecular weight is 454 g/mol. The average Bonchev–Trinajstić information content (AvgIpc) is 3.22. The summed E-state index contributed by atoms with van der Waals surface area (Å²) in [5.74, 6) is -0.450. The molecule has 33 heavy (non-hydrogen) atoms. The lowest BCUT2D eigenvalue weighted by molar-refractivity contribution is -0.384. The van der Waals surface area contributed by atoms with Crippen molar-refractivity contribution in [2.24, 2.45) is 5.10 Å². The fraction of sp³-hybridized carbons (Fsp3) is 0.130. The monoisotopic (exact) mass is 454 g/mol. The van der Waals surface area contributed by atoms with Gasteiger partial charge in [0.05, 0.1) is 16.7 Å². The smallest absolute Gasteiger partial charge is 0.363 e. The molecule has 0 radical (unpaired) electrons. The number of rotatable bonds is 5. The van der Waals surface area contributed by atoms with Gasteiger partial charge >= 0.3 is 6.18 Å². The Bertz CT molecular complexity index is 1240. The molecule has 1 heterocycles. The van der Waals surface area contributed by atoms with Gasteiger partial charge in [0.2, 0.25) is 0 Å². The van der Waals surface area contributed by atoms with Gasteiger partial charge in [-0.05, 0) is 59.2 Å². The van der Waals surface area contributed by atoms with Crippen molar-refractivity contribution in [1.29, 1.82) is 0 Å². The Hall–Kier alpha value is -4.21. The van der Waals surface area contributed by atoms with Crippen LogP contribution in [0.25, 0.3) is 0 Å². The third-order valence-electron chi connectivity index (χ3n) is 5.21. The van der Waals surface area contributed by atoms with E-state index in [9.17, 15) is 28.1 Å². The van der Waals surface area contributed by atoms with Crippen molar-refractivity contribution in [3.63, 3.8) is 0 Å². The van der Waals surface area contributed by atoms with E-state index in [4.69, 9.17) is 0 Å². The minimum atomic E-state index is -4.41. The fourth-order valence-electron chi connectivity index (χ4n) is 3.51. The standard InChI is InChI=1S/C23H17F3N4O3/c24-23(25,26)19-2-1-3-21(11-19)29-13-17-7-6-16(10-18(17)14-29)22(31)28-27-12-15-4-8-20(9-5-15)30(32)33/h1-12H,13-14H2,(H,28,31)/b27-12+. The number of carbonyl (C=O) groups is 1. The number of hydrogen-bond donors (Lipinski definition) is 1. The zero-order valence-electron chi connectivity index (χ0n) is 17.0. The van der Waals surface area contributed by atoms with Crippen LogP contribution in [0, 0.1) is 10.1 Å². The van der Waals surface area contributed by atoms with E-state index in [0.29, 0.717) is 29.9 Å². The van der Waals surface area contributed by atoms with Crippen molar-refractivity contribution in [3.8, 4) is 0 Å². The highest BCUT2D eigenvalue weighted by Gasteiger charge is 2.31. The van der Waals surface area contributed by atoms with Crippen molar-refractivity contribution in [3.05, 3.63) is 105 Å². The van der Waals surface area contributed by atoms with Crippen LogP contribution in [0.3, 0.4) is 0 Å². The van der Waals surface area contributed by atoms with E-state index in [1.807, 2.05) is 4.90 Å². The number of non-ortho nitro benzene ring substituents is 1. The van der Waals surface area contributed by atoms with Crippen molar-refractivity contribution >= 4 is 23.5 Å². The molecule has 0 atom stereocenters. The topological polar surface area (TPSA) is 87.8 Å². The van der Waals surface area contributed by atoms with Gasteiger partial charge in [-0.2, -0.15) is 18.3 Å². The number of nitro benzene ring substituents is 1. The quantitative estimate of drug-likeness (QED) is 0.338. The van der Waals surface area contributed by atoms with Gasteiger partial charge in [-0.15, -0.1) is 0 Å². The molecule has 7 nitrogen and oxygen atoms in total. The molecule has 0 saturated heterocycles. The first-order valence-corrected chi connectivity index (χ1v) is 9.82. The first-order valence-electron chi connectivity index (χ1n) is 9.82. The highest BCUT2D eigenvalue weighted by molar-refractivity contribution is 5.95. The molecule has 1 amide bonds. The number of halogens is 3. The zero-order chi connectivity index (χ0) is 23.6. The van der Waals surface area contributed by atoms with Crippen LogP contribution >= 0.6 is 0 Å². The van der Waals surface area contributed by atoms with E-state index in [1.54, 1.807) is 24.3 Å². The van der Waals surface area contributed by atoms with Gasteiger partial charge in [0.1, 0.15) is 0 Å². The molecule has 0 unspecified atom stereocenters. The highest BCUT2D eigenvalue weighted by atomic mass is 19.4. The van der Waals surface area contributed by atoms with Crippen LogP contribution in [-0.4, -0.2) is 17.0 Å². The van der Waals surface area contributed by atoms with E-state index in [1.165, 1.54) is 36.5 Å². The maximum absolute atomic E-state index is 13.0. The summed E-state index contributed by atoms with van der Waals surface area (Å²) in [7, 11) is 0. The molecule has 0 aliphatic carbocycles. The number of hydrazone groups is 1. The Kier molecular flexibility index (Phi) is 5.82. The Morgan fingerprint density at radius 3 is 2.45 bits per heavy atom. The van der Waals surface area contributed by atoms with Crippen LogP contribution in [-0.2, 0) is 19.3 Å². The number of carbonyl (C=O) groups excluding carboxylic acids is 1. The number of alkyl halides is 3. The lowest BCUT2D eigenvalue weighted by Gasteiger charge is -2.19. The molecule has 0 saturated carbocycles. The number of benzene rings is 3. The molecular weight excluding hydrogens is 437 g/mol.